The summed E-state index contributed by atoms with van der Waals surface area (Å²) < 4.78 is 0. The van der Waals surface area contributed by atoms with E-state index < -0.39 is 5.56 Å². The second-order valence-corrected chi connectivity index (χ2v) is 5.71. The summed E-state index contributed by atoms with van der Waals surface area (Å²) in [4.78, 5) is 23.0. The smallest absolute Gasteiger partial charge is 0.271 e. The molecule has 2 heterocycles. The third-order valence-corrected chi connectivity index (χ3v) is 2.92. The zero-order valence-electron chi connectivity index (χ0n) is 12.7. The maximum absolute atomic E-state index is 12.0. The van der Waals surface area contributed by atoms with Crippen molar-refractivity contribution in [2.24, 2.45) is 0 Å². The number of aromatic amines is 1. The van der Waals surface area contributed by atoms with Crippen molar-refractivity contribution >= 4 is 18.2 Å². The summed E-state index contributed by atoms with van der Waals surface area (Å²) in [5, 5.41) is 12.2. The summed E-state index contributed by atoms with van der Waals surface area (Å²) >= 11 is 0. The average Bonchev–Trinajstić information content (AvgIpc) is 2.44. The lowest BCUT2D eigenvalue weighted by Gasteiger charge is -2.18. The van der Waals surface area contributed by atoms with E-state index in [2.05, 4.69) is 20.3 Å². The molecule has 6 nitrogen and oxygen atoms in total. The molecule has 2 rings (SSSR count). The highest BCUT2D eigenvalue weighted by atomic mass is 35.5. The number of nitrogens with zero attached hydrogens (tertiary/aromatic N) is 3. The highest BCUT2D eigenvalue weighted by Gasteiger charge is 2.20. The molecular weight excluding hydrogens is 302 g/mol. The van der Waals surface area contributed by atoms with Crippen LogP contribution in [0.2, 0.25) is 0 Å². The van der Waals surface area contributed by atoms with Gasteiger partial charge >= 0.3 is 0 Å². The Balaban J connectivity index is 0.00000242. The van der Waals surface area contributed by atoms with Gasteiger partial charge in [0.1, 0.15) is 11.9 Å². The molecule has 0 aliphatic heterocycles. The van der Waals surface area contributed by atoms with E-state index >= 15 is 0 Å². The van der Waals surface area contributed by atoms with Gasteiger partial charge in [-0.15, -0.1) is 12.4 Å². The Hall–Kier alpha value is -2.39. The molecule has 2 aromatic rings. The monoisotopic (exact) mass is 319 g/mol. The van der Waals surface area contributed by atoms with Gasteiger partial charge in [0.25, 0.3) is 5.56 Å². The van der Waals surface area contributed by atoms with Crippen LogP contribution < -0.4 is 10.9 Å². The summed E-state index contributed by atoms with van der Waals surface area (Å²) in [6.45, 7) is 6.29. The Bertz CT molecular complexity index is 728. The van der Waals surface area contributed by atoms with Crippen LogP contribution in [-0.2, 0) is 12.0 Å². The third kappa shape index (κ3) is 4.06. The standard InChI is InChI=1S/C15H17N5O.ClH/c1-15(2,3)14-19-12(11(7-16)13(21)20-14)18-9-10-5-4-6-17-8-10;/h4-6,8H,9H2,1-3H3,(H2,18,19,20,21);1H. The fraction of sp³-hybridized carbons (Fsp3) is 0.333. The molecule has 0 aromatic carbocycles. The zero-order chi connectivity index (χ0) is 15.5. The number of rotatable bonds is 3. The molecule has 0 saturated carbocycles. The quantitative estimate of drug-likeness (QED) is 0.905. The molecule has 116 valence electrons. The van der Waals surface area contributed by atoms with Crippen LogP contribution in [0.25, 0.3) is 0 Å². The van der Waals surface area contributed by atoms with E-state index in [0.717, 1.165) is 5.56 Å². The third-order valence-electron chi connectivity index (χ3n) is 2.92. The van der Waals surface area contributed by atoms with E-state index in [0.29, 0.717) is 18.2 Å². The first kappa shape index (κ1) is 17.7. The molecule has 0 aliphatic rings. The Morgan fingerprint density at radius 3 is 2.68 bits per heavy atom. The summed E-state index contributed by atoms with van der Waals surface area (Å²) in [6, 6.07) is 5.63. The van der Waals surface area contributed by atoms with E-state index in [1.54, 1.807) is 12.4 Å². The van der Waals surface area contributed by atoms with Crippen LogP contribution in [-0.4, -0.2) is 15.0 Å². The second-order valence-electron chi connectivity index (χ2n) is 5.71. The second kappa shape index (κ2) is 7.05. The highest BCUT2D eigenvalue weighted by molar-refractivity contribution is 5.85. The lowest BCUT2D eigenvalue weighted by molar-refractivity contribution is 0.543. The molecule has 2 aromatic heterocycles. The molecule has 0 fully saturated rings. The minimum atomic E-state index is -0.425. The Morgan fingerprint density at radius 1 is 1.41 bits per heavy atom. The molecule has 0 spiro atoms. The van der Waals surface area contributed by atoms with Crippen molar-refractivity contribution in [1.82, 2.24) is 15.0 Å². The number of hydrogen-bond acceptors (Lipinski definition) is 5. The summed E-state index contributed by atoms with van der Waals surface area (Å²) in [5.41, 5.74) is 0.205. The molecule has 0 amide bonds. The number of H-pyrrole nitrogens is 1. The van der Waals surface area contributed by atoms with Crippen LogP contribution in [0.1, 0.15) is 37.7 Å². The van der Waals surface area contributed by atoms with Crippen LogP contribution in [0.5, 0.6) is 0 Å². The fourth-order valence-electron chi connectivity index (χ4n) is 1.75. The summed E-state index contributed by atoms with van der Waals surface area (Å²) in [6.07, 6.45) is 3.41. The number of hydrogen-bond donors (Lipinski definition) is 2. The largest absolute Gasteiger partial charge is 0.365 e. The van der Waals surface area contributed by atoms with Gasteiger partial charge in [-0.05, 0) is 11.6 Å². The predicted octanol–water partition coefficient (Wildman–Crippen LogP) is 2.37. The maximum Gasteiger partial charge on any atom is 0.271 e. The van der Waals surface area contributed by atoms with Gasteiger partial charge in [-0.2, -0.15) is 5.26 Å². The maximum atomic E-state index is 12.0. The van der Waals surface area contributed by atoms with Gasteiger partial charge < -0.3 is 10.3 Å². The highest BCUT2D eigenvalue weighted by Crippen LogP contribution is 2.19. The van der Waals surface area contributed by atoms with Gasteiger partial charge in [-0.25, -0.2) is 4.98 Å². The van der Waals surface area contributed by atoms with E-state index in [-0.39, 0.29) is 23.4 Å². The number of pyridine rings is 1. The van der Waals surface area contributed by atoms with E-state index in [9.17, 15) is 4.79 Å². The lowest BCUT2D eigenvalue weighted by atomic mass is 9.95. The molecule has 0 bridgehead atoms. The predicted molar refractivity (Wildman–Crippen MR) is 87.1 cm³/mol. The van der Waals surface area contributed by atoms with Gasteiger partial charge in [0.05, 0.1) is 0 Å². The summed E-state index contributed by atoms with van der Waals surface area (Å²) in [5.74, 6) is 0.843. The Morgan fingerprint density at radius 2 is 2.14 bits per heavy atom. The Labute approximate surface area is 135 Å². The van der Waals surface area contributed by atoms with Crippen LogP contribution in [0, 0.1) is 11.3 Å². The van der Waals surface area contributed by atoms with Crippen molar-refractivity contribution < 1.29 is 0 Å². The van der Waals surface area contributed by atoms with Gasteiger partial charge in [0.15, 0.2) is 11.4 Å². The molecule has 22 heavy (non-hydrogen) atoms. The minimum Gasteiger partial charge on any atom is -0.365 e. The fourth-order valence-corrected chi connectivity index (χ4v) is 1.75. The van der Waals surface area contributed by atoms with Crippen LogP contribution in [0.4, 0.5) is 5.82 Å². The SMILES string of the molecule is CC(C)(C)c1nc(NCc2cccnc2)c(C#N)c(=O)[nH]1.Cl. The van der Waals surface area contributed by atoms with Gasteiger partial charge in [0, 0.05) is 24.4 Å². The topological polar surface area (TPSA) is 94.5 Å². The molecule has 0 atom stereocenters. The van der Waals surface area contributed by atoms with Gasteiger partial charge in [-0.1, -0.05) is 26.8 Å². The molecule has 0 aliphatic carbocycles. The number of aromatic nitrogens is 3. The number of halogens is 1. The number of nitriles is 1. The van der Waals surface area contributed by atoms with Crippen LogP contribution >= 0.6 is 12.4 Å². The van der Waals surface area contributed by atoms with E-state index in [1.165, 1.54) is 0 Å². The first-order chi connectivity index (χ1) is 9.91. The lowest BCUT2D eigenvalue weighted by Crippen LogP contribution is -2.25. The van der Waals surface area contributed by atoms with Crippen molar-refractivity contribution in [3.63, 3.8) is 0 Å². The van der Waals surface area contributed by atoms with E-state index in [1.807, 2.05) is 39.0 Å². The molecule has 0 unspecified atom stereocenters. The van der Waals surface area contributed by atoms with Crippen molar-refractivity contribution in [2.45, 2.75) is 32.7 Å². The van der Waals surface area contributed by atoms with Crippen molar-refractivity contribution in [2.75, 3.05) is 5.32 Å². The Kier molecular flexibility index (Phi) is 5.66. The van der Waals surface area contributed by atoms with E-state index in [4.69, 9.17) is 5.26 Å². The number of anilines is 1. The first-order valence-corrected chi connectivity index (χ1v) is 6.59. The van der Waals surface area contributed by atoms with Crippen molar-refractivity contribution in [1.29, 1.82) is 5.26 Å². The van der Waals surface area contributed by atoms with Crippen molar-refractivity contribution in [3.05, 3.63) is 51.8 Å². The van der Waals surface area contributed by atoms with Crippen LogP contribution in [0.3, 0.4) is 0 Å². The van der Waals surface area contributed by atoms with Crippen molar-refractivity contribution in [3.8, 4) is 6.07 Å². The molecular formula is C15H18ClN5O. The minimum absolute atomic E-state index is 0. The van der Waals surface area contributed by atoms with Crippen LogP contribution in [0.15, 0.2) is 29.3 Å². The first-order valence-electron chi connectivity index (χ1n) is 6.59. The van der Waals surface area contributed by atoms with Gasteiger partial charge in [0.2, 0.25) is 0 Å². The zero-order valence-corrected chi connectivity index (χ0v) is 13.5. The molecule has 0 radical (unpaired) electrons. The summed E-state index contributed by atoms with van der Waals surface area (Å²) in [7, 11) is 0. The normalized spacial score (nSPS) is 10.5. The number of nitrogens with one attached hydrogen (secondary N) is 2. The molecule has 2 N–H and O–H groups in total. The molecule has 7 heteroatoms. The average molecular weight is 320 g/mol. The van der Waals surface area contributed by atoms with Gasteiger partial charge in [-0.3, -0.25) is 9.78 Å². The molecule has 0 saturated heterocycles.